The van der Waals surface area contributed by atoms with Gasteiger partial charge in [-0.2, -0.15) is 0 Å². The van der Waals surface area contributed by atoms with Gasteiger partial charge >= 0.3 is 5.69 Å². The van der Waals surface area contributed by atoms with Crippen LogP contribution in [0.4, 0.5) is 4.39 Å². The van der Waals surface area contributed by atoms with E-state index in [2.05, 4.69) is 5.32 Å². The van der Waals surface area contributed by atoms with Crippen LogP contribution in [0.3, 0.4) is 0 Å². The third-order valence-electron chi connectivity index (χ3n) is 5.03. The van der Waals surface area contributed by atoms with E-state index in [0.29, 0.717) is 12.1 Å². The highest BCUT2D eigenvalue weighted by Gasteiger charge is 2.16. The molecule has 0 bridgehead atoms. The second kappa shape index (κ2) is 8.39. The molecule has 0 aliphatic carbocycles. The standard InChI is InChI=1S/C24H20FN3O3/c1-16-9-11-17(12-10-16)14-26-22(29)15-27-21-8-3-2-7-20(21)23(30)28(24(27)31)19-6-4-5-18(25)13-19/h2-13H,14-15H2,1H3,(H,26,29). The zero-order valence-electron chi connectivity index (χ0n) is 16.8. The second-order valence-electron chi connectivity index (χ2n) is 7.27. The lowest BCUT2D eigenvalue weighted by Crippen LogP contribution is -2.41. The van der Waals surface area contributed by atoms with Crippen LogP contribution in [0, 0.1) is 12.7 Å². The van der Waals surface area contributed by atoms with Crippen LogP contribution >= 0.6 is 0 Å². The predicted molar refractivity (Wildman–Crippen MR) is 117 cm³/mol. The van der Waals surface area contributed by atoms with Gasteiger partial charge < -0.3 is 5.32 Å². The van der Waals surface area contributed by atoms with Gasteiger partial charge in [0, 0.05) is 6.54 Å². The normalized spacial score (nSPS) is 10.9. The Morgan fingerprint density at radius 2 is 1.71 bits per heavy atom. The number of fused-ring (bicyclic) bond motifs is 1. The van der Waals surface area contributed by atoms with Crippen LogP contribution in [0.1, 0.15) is 11.1 Å². The predicted octanol–water partition coefficient (Wildman–Crippen LogP) is 2.92. The van der Waals surface area contributed by atoms with Crippen LogP contribution < -0.4 is 16.6 Å². The Balaban J connectivity index is 1.73. The van der Waals surface area contributed by atoms with Gasteiger partial charge in [-0.25, -0.2) is 13.8 Å². The fourth-order valence-corrected chi connectivity index (χ4v) is 3.42. The number of nitrogens with one attached hydrogen (secondary N) is 1. The molecular weight excluding hydrogens is 397 g/mol. The third kappa shape index (κ3) is 4.16. The molecule has 1 amide bonds. The maximum absolute atomic E-state index is 13.7. The van der Waals surface area contributed by atoms with Crippen molar-refractivity contribution < 1.29 is 9.18 Å². The lowest BCUT2D eigenvalue weighted by molar-refractivity contribution is -0.121. The van der Waals surface area contributed by atoms with Gasteiger partial charge in [0.25, 0.3) is 5.56 Å². The van der Waals surface area contributed by atoms with Gasteiger partial charge in [-0.05, 0) is 42.8 Å². The van der Waals surface area contributed by atoms with Crippen molar-refractivity contribution in [1.82, 2.24) is 14.5 Å². The molecule has 0 unspecified atom stereocenters. The smallest absolute Gasteiger partial charge is 0.336 e. The average Bonchev–Trinajstić information content (AvgIpc) is 2.76. The summed E-state index contributed by atoms with van der Waals surface area (Å²) in [5.74, 6) is -0.948. The van der Waals surface area contributed by atoms with Gasteiger partial charge in [-0.3, -0.25) is 14.2 Å². The summed E-state index contributed by atoms with van der Waals surface area (Å²) in [4.78, 5) is 38.8. The number of hydrogen-bond acceptors (Lipinski definition) is 3. The molecule has 1 aromatic heterocycles. The second-order valence-corrected chi connectivity index (χ2v) is 7.27. The first-order chi connectivity index (χ1) is 14.9. The van der Waals surface area contributed by atoms with Crippen LogP contribution in [-0.2, 0) is 17.9 Å². The van der Waals surface area contributed by atoms with Crippen LogP contribution in [0.2, 0.25) is 0 Å². The Morgan fingerprint density at radius 1 is 0.968 bits per heavy atom. The maximum Gasteiger partial charge on any atom is 0.336 e. The summed E-state index contributed by atoms with van der Waals surface area (Å²) < 4.78 is 15.9. The molecule has 0 radical (unpaired) electrons. The van der Waals surface area contributed by atoms with Crippen molar-refractivity contribution in [3.8, 4) is 5.69 Å². The fourth-order valence-electron chi connectivity index (χ4n) is 3.42. The van der Waals surface area contributed by atoms with Crippen molar-refractivity contribution in [1.29, 1.82) is 0 Å². The Morgan fingerprint density at radius 3 is 2.45 bits per heavy atom. The topological polar surface area (TPSA) is 73.1 Å². The molecule has 0 aliphatic heterocycles. The SMILES string of the molecule is Cc1ccc(CNC(=O)Cn2c(=O)n(-c3cccc(F)c3)c(=O)c3ccccc32)cc1. The summed E-state index contributed by atoms with van der Waals surface area (Å²) in [5.41, 5.74) is 1.22. The molecule has 0 aliphatic rings. The first kappa shape index (κ1) is 20.3. The van der Waals surface area contributed by atoms with Crippen LogP contribution in [-0.4, -0.2) is 15.0 Å². The van der Waals surface area contributed by atoms with E-state index in [4.69, 9.17) is 0 Å². The first-order valence-corrected chi connectivity index (χ1v) is 9.77. The van der Waals surface area contributed by atoms with E-state index >= 15 is 0 Å². The molecule has 31 heavy (non-hydrogen) atoms. The van der Waals surface area contributed by atoms with Gasteiger partial charge in [0.1, 0.15) is 12.4 Å². The van der Waals surface area contributed by atoms with E-state index in [0.717, 1.165) is 21.8 Å². The number of carbonyl (C=O) groups is 1. The highest BCUT2D eigenvalue weighted by atomic mass is 19.1. The molecule has 0 saturated carbocycles. The van der Waals surface area contributed by atoms with E-state index < -0.39 is 17.1 Å². The number of halogens is 1. The number of carbonyl (C=O) groups excluding carboxylic acids is 1. The number of benzene rings is 3. The molecule has 0 spiro atoms. The highest BCUT2D eigenvalue weighted by Crippen LogP contribution is 2.11. The van der Waals surface area contributed by atoms with Gasteiger partial charge in [0.05, 0.1) is 16.6 Å². The fraction of sp³-hybridized carbons (Fsp3) is 0.125. The zero-order valence-corrected chi connectivity index (χ0v) is 16.8. The number of para-hydroxylation sites is 1. The minimum absolute atomic E-state index is 0.106. The van der Waals surface area contributed by atoms with Crippen LogP contribution in [0.15, 0.2) is 82.4 Å². The maximum atomic E-state index is 13.7. The van der Waals surface area contributed by atoms with Gasteiger partial charge in [0.15, 0.2) is 0 Å². The van der Waals surface area contributed by atoms with Crippen molar-refractivity contribution in [3.05, 3.63) is 111 Å². The molecule has 6 nitrogen and oxygen atoms in total. The Kier molecular flexibility index (Phi) is 5.49. The number of amides is 1. The molecule has 4 aromatic rings. The van der Waals surface area contributed by atoms with Crippen molar-refractivity contribution in [2.24, 2.45) is 0 Å². The molecule has 0 atom stereocenters. The van der Waals surface area contributed by atoms with Crippen molar-refractivity contribution >= 4 is 16.8 Å². The Bertz CT molecular complexity index is 1390. The Labute approximate surface area is 177 Å². The van der Waals surface area contributed by atoms with Gasteiger partial charge in [-0.1, -0.05) is 48.0 Å². The van der Waals surface area contributed by atoms with Crippen molar-refractivity contribution in [2.75, 3.05) is 0 Å². The highest BCUT2D eigenvalue weighted by molar-refractivity contribution is 5.81. The molecule has 1 heterocycles. The summed E-state index contributed by atoms with van der Waals surface area (Å²) in [6.45, 7) is 2.02. The molecule has 7 heteroatoms. The molecule has 1 N–H and O–H groups in total. The lowest BCUT2D eigenvalue weighted by atomic mass is 10.1. The number of hydrogen-bond donors (Lipinski definition) is 1. The van der Waals surface area contributed by atoms with Crippen LogP contribution in [0.5, 0.6) is 0 Å². The summed E-state index contributed by atoms with van der Waals surface area (Å²) in [6.07, 6.45) is 0. The van der Waals surface area contributed by atoms with Crippen LogP contribution in [0.25, 0.3) is 16.6 Å². The first-order valence-electron chi connectivity index (χ1n) is 9.77. The minimum Gasteiger partial charge on any atom is -0.350 e. The quantitative estimate of drug-likeness (QED) is 0.543. The number of aryl methyl sites for hydroxylation is 1. The summed E-state index contributed by atoms with van der Waals surface area (Å²) in [6, 6.07) is 19.5. The summed E-state index contributed by atoms with van der Waals surface area (Å²) >= 11 is 0. The molecule has 0 fully saturated rings. The molecule has 4 rings (SSSR count). The number of nitrogens with zero attached hydrogens (tertiary/aromatic N) is 2. The van der Waals surface area contributed by atoms with Gasteiger partial charge in [0.2, 0.25) is 5.91 Å². The van der Waals surface area contributed by atoms with E-state index in [1.807, 2.05) is 31.2 Å². The zero-order chi connectivity index (χ0) is 22.0. The van der Waals surface area contributed by atoms with Crippen molar-refractivity contribution in [3.63, 3.8) is 0 Å². The molecule has 156 valence electrons. The van der Waals surface area contributed by atoms with Crippen molar-refractivity contribution in [2.45, 2.75) is 20.0 Å². The van der Waals surface area contributed by atoms with Gasteiger partial charge in [-0.15, -0.1) is 0 Å². The summed E-state index contributed by atoms with van der Waals surface area (Å²) in [7, 11) is 0. The third-order valence-corrected chi connectivity index (χ3v) is 5.03. The molecule has 0 saturated heterocycles. The largest absolute Gasteiger partial charge is 0.350 e. The minimum atomic E-state index is -0.709. The molecule has 3 aromatic carbocycles. The average molecular weight is 417 g/mol. The monoisotopic (exact) mass is 417 g/mol. The van der Waals surface area contributed by atoms with E-state index in [1.54, 1.807) is 24.3 Å². The molecular formula is C24H20FN3O3. The van der Waals surface area contributed by atoms with E-state index in [9.17, 15) is 18.8 Å². The Hall–Kier alpha value is -4.00. The number of rotatable bonds is 5. The van der Waals surface area contributed by atoms with E-state index in [1.165, 1.54) is 22.8 Å². The lowest BCUT2D eigenvalue weighted by Gasteiger charge is -2.14. The summed E-state index contributed by atoms with van der Waals surface area (Å²) in [5, 5.41) is 3.06. The van der Waals surface area contributed by atoms with E-state index in [-0.39, 0.29) is 23.5 Å². The number of aromatic nitrogens is 2.